The molecular formula is C28H29N3O5. The number of phenols is 1. The molecule has 1 saturated heterocycles. The number of pyridine rings is 1. The van der Waals surface area contributed by atoms with Crippen molar-refractivity contribution in [2.75, 3.05) is 45.3 Å². The van der Waals surface area contributed by atoms with Crippen LogP contribution in [0.4, 0.5) is 5.82 Å². The van der Waals surface area contributed by atoms with Crippen molar-refractivity contribution in [1.82, 2.24) is 9.88 Å². The van der Waals surface area contributed by atoms with E-state index in [1.807, 2.05) is 31.2 Å². The molecule has 0 unspecified atom stereocenters. The first-order valence-corrected chi connectivity index (χ1v) is 11.9. The predicted molar refractivity (Wildman–Crippen MR) is 137 cm³/mol. The number of allylic oxidation sites excluding steroid dienone is 1. The Labute approximate surface area is 210 Å². The third-order valence-corrected chi connectivity index (χ3v) is 6.65. The summed E-state index contributed by atoms with van der Waals surface area (Å²) in [5, 5.41) is 10.8. The summed E-state index contributed by atoms with van der Waals surface area (Å²) in [6, 6.07) is 13.0. The lowest BCUT2D eigenvalue weighted by atomic mass is 9.99. The van der Waals surface area contributed by atoms with Crippen LogP contribution in [0.1, 0.15) is 27.0 Å². The van der Waals surface area contributed by atoms with Gasteiger partial charge in [-0.3, -0.25) is 9.69 Å². The minimum Gasteiger partial charge on any atom is -0.507 e. The number of nitrogens with zero attached hydrogens (tertiary/aromatic N) is 3. The summed E-state index contributed by atoms with van der Waals surface area (Å²) in [5.74, 6) is 2.73. The van der Waals surface area contributed by atoms with Crippen molar-refractivity contribution >= 4 is 17.7 Å². The van der Waals surface area contributed by atoms with Crippen molar-refractivity contribution in [3.63, 3.8) is 0 Å². The molecule has 0 radical (unpaired) electrons. The number of carbonyl (C=O) groups is 1. The standard InChI is InChI=1S/C28H29N3O5/c1-18-14-21(32)20(17-30-10-12-31(13-11-30)25-6-4-5-9-29-25)28-26(18)27(33)24(36-28)16-19-7-8-22(34-2)23(15-19)35-3/h4-9,14-16,32H,10-13,17H2,1-3H3/b24-16-. The average molecular weight is 488 g/mol. The molecule has 0 aliphatic carbocycles. The first-order chi connectivity index (χ1) is 17.5. The Hall–Kier alpha value is -4.04. The number of ether oxygens (including phenoxy) is 3. The number of methoxy groups -OCH3 is 2. The molecule has 0 saturated carbocycles. The number of benzene rings is 2. The summed E-state index contributed by atoms with van der Waals surface area (Å²) >= 11 is 0. The van der Waals surface area contributed by atoms with Crippen molar-refractivity contribution in [2.45, 2.75) is 13.5 Å². The van der Waals surface area contributed by atoms with Gasteiger partial charge in [0, 0.05) is 38.9 Å². The van der Waals surface area contributed by atoms with Crippen LogP contribution in [-0.2, 0) is 6.54 Å². The van der Waals surface area contributed by atoms with E-state index in [0.717, 1.165) is 37.6 Å². The molecule has 0 spiro atoms. The van der Waals surface area contributed by atoms with Crippen molar-refractivity contribution in [3.8, 4) is 23.0 Å². The summed E-state index contributed by atoms with van der Waals surface area (Å²) in [5.41, 5.74) is 2.57. The zero-order valence-corrected chi connectivity index (χ0v) is 20.7. The van der Waals surface area contributed by atoms with Gasteiger partial charge in [0.05, 0.1) is 25.3 Å². The number of hydrogen-bond acceptors (Lipinski definition) is 8. The molecule has 0 atom stereocenters. The second-order valence-electron chi connectivity index (χ2n) is 8.90. The van der Waals surface area contributed by atoms with Crippen molar-refractivity contribution in [2.24, 2.45) is 0 Å². The van der Waals surface area contributed by atoms with E-state index >= 15 is 0 Å². The van der Waals surface area contributed by atoms with E-state index in [4.69, 9.17) is 14.2 Å². The molecule has 186 valence electrons. The van der Waals surface area contributed by atoms with Gasteiger partial charge in [0.15, 0.2) is 17.3 Å². The fourth-order valence-electron chi connectivity index (χ4n) is 4.73. The Morgan fingerprint density at radius 3 is 2.53 bits per heavy atom. The average Bonchev–Trinajstić information content (AvgIpc) is 3.23. The summed E-state index contributed by atoms with van der Waals surface area (Å²) in [4.78, 5) is 22.2. The van der Waals surface area contributed by atoms with Gasteiger partial charge >= 0.3 is 0 Å². The lowest BCUT2D eigenvalue weighted by molar-refractivity contribution is 0.101. The minimum atomic E-state index is -0.196. The molecule has 0 amide bonds. The largest absolute Gasteiger partial charge is 0.507 e. The van der Waals surface area contributed by atoms with Crippen LogP contribution in [0.25, 0.3) is 6.08 Å². The Morgan fingerprint density at radius 2 is 1.83 bits per heavy atom. The van der Waals surface area contributed by atoms with E-state index in [0.29, 0.717) is 40.5 Å². The number of aryl methyl sites for hydroxylation is 1. The summed E-state index contributed by atoms with van der Waals surface area (Å²) in [7, 11) is 3.14. The molecule has 1 aromatic heterocycles. The number of fused-ring (bicyclic) bond motifs is 1. The number of hydrogen-bond donors (Lipinski definition) is 1. The number of phenolic OH excluding ortho intramolecular Hbond substituents is 1. The van der Waals surface area contributed by atoms with Crippen LogP contribution in [0.3, 0.4) is 0 Å². The van der Waals surface area contributed by atoms with E-state index in [9.17, 15) is 9.90 Å². The highest BCUT2D eigenvalue weighted by molar-refractivity contribution is 6.15. The van der Waals surface area contributed by atoms with Crippen LogP contribution in [0.2, 0.25) is 0 Å². The van der Waals surface area contributed by atoms with Gasteiger partial charge in [0.1, 0.15) is 17.3 Å². The quantitative estimate of drug-likeness (QED) is 0.522. The van der Waals surface area contributed by atoms with E-state index in [2.05, 4.69) is 14.8 Å². The third-order valence-electron chi connectivity index (χ3n) is 6.65. The SMILES string of the molecule is COc1ccc(/C=C2\Oc3c(CN4CCN(c5ccccn5)CC4)c(O)cc(C)c3C2=O)cc1OC. The number of aromatic nitrogens is 1. The smallest absolute Gasteiger partial charge is 0.232 e. The van der Waals surface area contributed by atoms with E-state index in [-0.39, 0.29) is 17.3 Å². The van der Waals surface area contributed by atoms with Gasteiger partial charge in [0.2, 0.25) is 5.78 Å². The molecule has 8 nitrogen and oxygen atoms in total. The molecule has 1 N–H and O–H groups in total. The van der Waals surface area contributed by atoms with Crippen LogP contribution in [0, 0.1) is 6.92 Å². The maximum absolute atomic E-state index is 13.3. The minimum absolute atomic E-state index is 0.138. The maximum Gasteiger partial charge on any atom is 0.232 e. The Bertz CT molecular complexity index is 1310. The normalized spacial score (nSPS) is 16.7. The number of piperazine rings is 1. The lowest BCUT2D eigenvalue weighted by Crippen LogP contribution is -2.46. The van der Waals surface area contributed by atoms with Crippen LogP contribution in [-0.4, -0.2) is 61.2 Å². The third kappa shape index (κ3) is 4.47. The monoisotopic (exact) mass is 487 g/mol. The van der Waals surface area contributed by atoms with Gasteiger partial charge in [-0.2, -0.15) is 0 Å². The zero-order chi connectivity index (χ0) is 25.2. The van der Waals surface area contributed by atoms with Crippen molar-refractivity contribution in [1.29, 1.82) is 0 Å². The second kappa shape index (κ2) is 9.91. The van der Waals surface area contributed by atoms with Crippen LogP contribution >= 0.6 is 0 Å². The van der Waals surface area contributed by atoms with Crippen LogP contribution in [0.15, 0.2) is 54.4 Å². The molecular weight excluding hydrogens is 458 g/mol. The van der Waals surface area contributed by atoms with Crippen molar-refractivity contribution in [3.05, 3.63) is 76.7 Å². The molecule has 8 heteroatoms. The number of anilines is 1. The first-order valence-electron chi connectivity index (χ1n) is 11.9. The van der Waals surface area contributed by atoms with Gasteiger partial charge in [-0.15, -0.1) is 0 Å². The Kier molecular flexibility index (Phi) is 6.52. The first kappa shape index (κ1) is 23.7. The molecule has 0 bridgehead atoms. The van der Waals surface area contributed by atoms with Gasteiger partial charge in [-0.25, -0.2) is 4.98 Å². The fourth-order valence-corrected chi connectivity index (χ4v) is 4.73. The summed E-state index contributed by atoms with van der Waals surface area (Å²) < 4.78 is 16.8. The van der Waals surface area contributed by atoms with E-state index in [1.165, 1.54) is 0 Å². The zero-order valence-electron chi connectivity index (χ0n) is 20.7. The van der Waals surface area contributed by atoms with Gasteiger partial charge in [0.25, 0.3) is 0 Å². The number of rotatable bonds is 6. The Morgan fingerprint density at radius 1 is 1.06 bits per heavy atom. The van der Waals surface area contributed by atoms with Crippen LogP contribution in [0.5, 0.6) is 23.0 Å². The maximum atomic E-state index is 13.3. The summed E-state index contributed by atoms with van der Waals surface area (Å²) in [6.07, 6.45) is 3.49. The van der Waals surface area contributed by atoms with Crippen molar-refractivity contribution < 1.29 is 24.1 Å². The molecule has 5 rings (SSSR count). The summed E-state index contributed by atoms with van der Waals surface area (Å²) in [6.45, 7) is 5.57. The molecule has 3 heterocycles. The topological polar surface area (TPSA) is 84.4 Å². The second-order valence-corrected chi connectivity index (χ2v) is 8.90. The molecule has 2 aliphatic rings. The fraction of sp³-hybridized carbons (Fsp3) is 0.286. The number of Topliss-reactive ketones (excluding diaryl/α,β-unsaturated/α-hetero) is 1. The molecule has 2 aromatic carbocycles. The highest BCUT2D eigenvalue weighted by atomic mass is 16.5. The van der Waals surface area contributed by atoms with E-state index < -0.39 is 0 Å². The van der Waals surface area contributed by atoms with E-state index in [1.54, 1.807) is 44.7 Å². The van der Waals surface area contributed by atoms with Gasteiger partial charge < -0.3 is 24.2 Å². The molecule has 36 heavy (non-hydrogen) atoms. The molecule has 3 aromatic rings. The Balaban J connectivity index is 1.37. The molecule has 1 fully saturated rings. The highest BCUT2D eigenvalue weighted by Crippen LogP contribution is 2.42. The highest BCUT2D eigenvalue weighted by Gasteiger charge is 2.34. The predicted octanol–water partition coefficient (Wildman–Crippen LogP) is 4.05. The van der Waals surface area contributed by atoms with Gasteiger partial charge in [-0.05, 0) is 54.5 Å². The van der Waals surface area contributed by atoms with Crippen LogP contribution < -0.4 is 19.1 Å². The number of aromatic hydroxyl groups is 1. The lowest BCUT2D eigenvalue weighted by Gasteiger charge is -2.35. The number of carbonyl (C=O) groups excluding carboxylic acids is 1. The molecule has 2 aliphatic heterocycles. The number of ketones is 1. The van der Waals surface area contributed by atoms with Gasteiger partial charge in [-0.1, -0.05) is 12.1 Å².